The molecule has 4 aromatic rings. The molecule has 1 aromatic heterocycles. The molecule has 0 atom stereocenters. The van der Waals surface area contributed by atoms with Crippen LogP contribution in [0.5, 0.6) is 11.5 Å². The number of nitrogens with zero attached hydrogens (tertiary/aromatic N) is 1. The van der Waals surface area contributed by atoms with E-state index in [4.69, 9.17) is 9.47 Å². The van der Waals surface area contributed by atoms with Gasteiger partial charge in [-0.05, 0) is 22.9 Å². The third kappa shape index (κ3) is 3.54. The molecule has 3 aromatic carbocycles. The Kier molecular flexibility index (Phi) is 4.95. The number of aromatic nitrogens is 1. The number of rotatable bonds is 5. The maximum absolute atomic E-state index is 12.7. The van der Waals surface area contributed by atoms with Crippen LogP contribution in [0, 0.1) is 0 Å². The Bertz CT molecular complexity index is 1130. The first kappa shape index (κ1) is 18.0. The lowest BCUT2D eigenvalue weighted by atomic mass is 10.0. The van der Waals surface area contributed by atoms with Gasteiger partial charge in [-0.25, -0.2) is 4.98 Å². The van der Waals surface area contributed by atoms with Gasteiger partial charge in [-0.1, -0.05) is 42.5 Å². The van der Waals surface area contributed by atoms with E-state index >= 15 is 0 Å². The van der Waals surface area contributed by atoms with Gasteiger partial charge >= 0.3 is 0 Å². The number of fused-ring (bicyclic) bond motifs is 1. The summed E-state index contributed by atoms with van der Waals surface area (Å²) in [6.07, 6.45) is 0. The van der Waals surface area contributed by atoms with Gasteiger partial charge in [-0.15, -0.1) is 11.3 Å². The highest BCUT2D eigenvalue weighted by molar-refractivity contribution is 7.14. The highest BCUT2D eigenvalue weighted by Crippen LogP contribution is 2.31. The third-order valence-corrected chi connectivity index (χ3v) is 5.16. The van der Waals surface area contributed by atoms with Crippen molar-refractivity contribution in [3.63, 3.8) is 0 Å². The van der Waals surface area contributed by atoms with Gasteiger partial charge in [0.1, 0.15) is 11.5 Å². The number of hydrogen-bond donors (Lipinski definition) is 1. The van der Waals surface area contributed by atoms with E-state index in [1.165, 1.54) is 11.3 Å². The molecule has 140 valence electrons. The number of ether oxygens (including phenoxy) is 2. The first-order chi connectivity index (χ1) is 13.7. The molecule has 5 nitrogen and oxygen atoms in total. The Balaban J connectivity index is 1.61. The van der Waals surface area contributed by atoms with Gasteiger partial charge < -0.3 is 9.47 Å². The molecule has 0 radical (unpaired) electrons. The third-order valence-electron chi connectivity index (χ3n) is 4.40. The quantitative estimate of drug-likeness (QED) is 0.507. The Morgan fingerprint density at radius 3 is 2.43 bits per heavy atom. The smallest absolute Gasteiger partial charge is 0.257 e. The van der Waals surface area contributed by atoms with Crippen molar-refractivity contribution in [3.05, 3.63) is 71.6 Å². The molecule has 28 heavy (non-hydrogen) atoms. The average Bonchev–Trinajstić information content (AvgIpc) is 3.21. The van der Waals surface area contributed by atoms with Gasteiger partial charge in [0.05, 0.1) is 19.9 Å². The predicted octanol–water partition coefficient (Wildman–Crippen LogP) is 5.23. The van der Waals surface area contributed by atoms with Gasteiger partial charge in [0, 0.05) is 22.6 Å². The average molecular weight is 390 g/mol. The van der Waals surface area contributed by atoms with E-state index in [2.05, 4.69) is 28.5 Å². The van der Waals surface area contributed by atoms with Crippen LogP contribution in [-0.4, -0.2) is 25.1 Å². The first-order valence-electron chi connectivity index (χ1n) is 8.66. The van der Waals surface area contributed by atoms with Crippen molar-refractivity contribution in [2.45, 2.75) is 0 Å². The first-order valence-corrected chi connectivity index (χ1v) is 9.54. The Hall–Kier alpha value is -3.38. The molecule has 0 fully saturated rings. The van der Waals surface area contributed by atoms with Crippen LogP contribution in [0.1, 0.15) is 10.4 Å². The molecular formula is C22H18N2O3S. The molecule has 0 aliphatic rings. The van der Waals surface area contributed by atoms with Gasteiger partial charge in [-0.2, -0.15) is 0 Å². The van der Waals surface area contributed by atoms with Crippen LogP contribution in [0.15, 0.2) is 66.0 Å². The van der Waals surface area contributed by atoms with E-state index in [-0.39, 0.29) is 5.91 Å². The minimum Gasteiger partial charge on any atom is -0.497 e. The van der Waals surface area contributed by atoms with Crippen molar-refractivity contribution in [2.75, 3.05) is 19.5 Å². The van der Waals surface area contributed by atoms with Gasteiger partial charge in [-0.3, -0.25) is 10.1 Å². The summed E-state index contributed by atoms with van der Waals surface area (Å²) >= 11 is 1.39. The summed E-state index contributed by atoms with van der Waals surface area (Å²) in [7, 11) is 3.10. The Morgan fingerprint density at radius 1 is 0.964 bits per heavy atom. The number of amides is 1. The molecule has 6 heteroatoms. The minimum absolute atomic E-state index is 0.268. The fraction of sp³-hybridized carbons (Fsp3) is 0.0909. The van der Waals surface area contributed by atoms with Gasteiger partial charge in [0.15, 0.2) is 5.13 Å². The fourth-order valence-corrected chi connectivity index (χ4v) is 3.72. The lowest BCUT2D eigenvalue weighted by Gasteiger charge is -2.08. The summed E-state index contributed by atoms with van der Waals surface area (Å²) in [5, 5.41) is 7.63. The highest BCUT2D eigenvalue weighted by Gasteiger charge is 2.13. The molecule has 0 aliphatic heterocycles. The van der Waals surface area contributed by atoms with Crippen molar-refractivity contribution in [3.8, 4) is 22.8 Å². The van der Waals surface area contributed by atoms with E-state index in [0.717, 1.165) is 22.0 Å². The number of nitrogens with one attached hydrogen (secondary N) is 1. The lowest BCUT2D eigenvalue weighted by Crippen LogP contribution is -2.12. The summed E-state index contributed by atoms with van der Waals surface area (Å²) in [6, 6.07) is 19.3. The molecule has 1 heterocycles. The summed E-state index contributed by atoms with van der Waals surface area (Å²) in [5.41, 5.74) is 2.32. The zero-order chi connectivity index (χ0) is 19.5. The summed E-state index contributed by atoms with van der Waals surface area (Å²) in [6.45, 7) is 0. The maximum Gasteiger partial charge on any atom is 0.257 e. The molecule has 4 rings (SSSR count). The zero-order valence-electron chi connectivity index (χ0n) is 15.4. The predicted molar refractivity (Wildman–Crippen MR) is 113 cm³/mol. The van der Waals surface area contributed by atoms with E-state index in [1.54, 1.807) is 32.4 Å². The van der Waals surface area contributed by atoms with Crippen LogP contribution >= 0.6 is 11.3 Å². The fourth-order valence-electron chi connectivity index (χ4n) is 3.01. The maximum atomic E-state index is 12.7. The molecule has 0 aliphatic carbocycles. The molecule has 0 bridgehead atoms. The van der Waals surface area contributed by atoms with Crippen molar-refractivity contribution in [1.82, 2.24) is 4.98 Å². The second-order valence-corrected chi connectivity index (χ2v) is 6.98. The van der Waals surface area contributed by atoms with Gasteiger partial charge in [0.2, 0.25) is 0 Å². The Morgan fingerprint density at radius 2 is 1.68 bits per heavy atom. The second-order valence-electron chi connectivity index (χ2n) is 6.12. The normalized spacial score (nSPS) is 10.6. The van der Waals surface area contributed by atoms with E-state index in [1.807, 2.05) is 29.6 Å². The zero-order valence-corrected chi connectivity index (χ0v) is 16.2. The minimum atomic E-state index is -0.268. The molecule has 0 unspecified atom stereocenters. The molecule has 0 saturated carbocycles. The SMILES string of the molecule is COc1cc(OC)cc(C(=O)Nc2nc(-c3cccc4ccccc34)cs2)c1. The molecular weight excluding hydrogens is 372 g/mol. The number of methoxy groups -OCH3 is 2. The summed E-state index contributed by atoms with van der Waals surface area (Å²) in [5.74, 6) is 0.844. The van der Waals surface area contributed by atoms with Crippen LogP contribution in [-0.2, 0) is 0 Å². The van der Waals surface area contributed by atoms with Crippen LogP contribution in [0.25, 0.3) is 22.0 Å². The van der Waals surface area contributed by atoms with Crippen LogP contribution in [0.3, 0.4) is 0 Å². The van der Waals surface area contributed by atoms with Gasteiger partial charge in [0.25, 0.3) is 5.91 Å². The number of benzene rings is 3. The monoisotopic (exact) mass is 390 g/mol. The molecule has 1 amide bonds. The summed E-state index contributed by atoms with van der Waals surface area (Å²) < 4.78 is 10.5. The molecule has 0 saturated heterocycles. The topological polar surface area (TPSA) is 60.5 Å². The number of thiazole rings is 1. The van der Waals surface area contributed by atoms with Crippen molar-refractivity contribution in [2.24, 2.45) is 0 Å². The number of anilines is 1. The Labute approximate surface area is 166 Å². The largest absolute Gasteiger partial charge is 0.497 e. The number of carbonyl (C=O) groups is 1. The standard InChI is InChI=1S/C22H18N2O3S/c1-26-16-10-15(11-17(12-16)27-2)21(25)24-22-23-20(13-28-22)19-9-5-7-14-6-3-4-8-18(14)19/h3-13H,1-2H3,(H,23,24,25). The molecule has 0 spiro atoms. The second kappa shape index (κ2) is 7.70. The van der Waals surface area contributed by atoms with Crippen LogP contribution in [0.4, 0.5) is 5.13 Å². The van der Waals surface area contributed by atoms with E-state index < -0.39 is 0 Å². The highest BCUT2D eigenvalue weighted by atomic mass is 32.1. The number of hydrogen-bond acceptors (Lipinski definition) is 5. The van der Waals surface area contributed by atoms with Crippen molar-refractivity contribution in [1.29, 1.82) is 0 Å². The van der Waals surface area contributed by atoms with E-state index in [9.17, 15) is 4.79 Å². The van der Waals surface area contributed by atoms with Crippen molar-refractivity contribution >= 4 is 33.1 Å². The van der Waals surface area contributed by atoms with E-state index in [0.29, 0.717) is 22.2 Å². The lowest BCUT2D eigenvalue weighted by molar-refractivity contribution is 0.102. The van der Waals surface area contributed by atoms with Crippen LogP contribution in [0.2, 0.25) is 0 Å². The van der Waals surface area contributed by atoms with Crippen LogP contribution < -0.4 is 14.8 Å². The number of carbonyl (C=O) groups excluding carboxylic acids is 1. The van der Waals surface area contributed by atoms with Crippen molar-refractivity contribution < 1.29 is 14.3 Å². The molecule has 1 N–H and O–H groups in total. The summed E-state index contributed by atoms with van der Waals surface area (Å²) in [4.78, 5) is 17.3.